The summed E-state index contributed by atoms with van der Waals surface area (Å²) in [6, 6.07) is 27.0. The van der Waals surface area contributed by atoms with Crippen LogP contribution in [0.3, 0.4) is 0 Å². The minimum Gasteiger partial charge on any atom is -0.236 e. The Kier molecular flexibility index (Phi) is 4.34. The van der Waals surface area contributed by atoms with Crippen LogP contribution >= 0.6 is 22.9 Å². The van der Waals surface area contributed by atoms with Crippen LogP contribution in [0.5, 0.6) is 0 Å². The number of thiazole rings is 1. The van der Waals surface area contributed by atoms with Crippen molar-refractivity contribution in [2.24, 2.45) is 0 Å². The van der Waals surface area contributed by atoms with Crippen molar-refractivity contribution in [1.29, 1.82) is 0 Å². The van der Waals surface area contributed by atoms with E-state index < -0.39 is 0 Å². The first-order valence-corrected chi connectivity index (χ1v) is 10.5. The number of allylic oxidation sites excluding steroid dienone is 2. The molecule has 1 aromatic heterocycles. The Balaban J connectivity index is 1.73. The van der Waals surface area contributed by atoms with Crippen molar-refractivity contribution in [3.05, 3.63) is 95.0 Å². The van der Waals surface area contributed by atoms with Gasteiger partial charge in [-0.25, -0.2) is 4.98 Å². The van der Waals surface area contributed by atoms with Crippen LogP contribution in [-0.4, -0.2) is 11.2 Å². The van der Waals surface area contributed by atoms with Crippen molar-refractivity contribution in [1.82, 2.24) is 9.56 Å². The predicted octanol–water partition coefficient (Wildman–Crippen LogP) is 6.97. The minimum absolute atomic E-state index is 0.205. The lowest BCUT2D eigenvalue weighted by atomic mass is 9.96. The second-order valence-electron chi connectivity index (χ2n) is 6.82. The molecule has 0 saturated carbocycles. The highest BCUT2D eigenvalue weighted by Gasteiger charge is 2.32. The lowest BCUT2D eigenvalue weighted by Crippen LogP contribution is -2.18. The van der Waals surface area contributed by atoms with Gasteiger partial charge in [-0.15, -0.1) is 22.9 Å². The summed E-state index contributed by atoms with van der Waals surface area (Å²) in [5, 5.41) is 0.814. The van der Waals surface area contributed by atoms with Gasteiger partial charge in [0.15, 0.2) is 6.21 Å². The van der Waals surface area contributed by atoms with Gasteiger partial charge in [-0.1, -0.05) is 48.5 Å². The summed E-state index contributed by atoms with van der Waals surface area (Å²) in [6.07, 6.45) is 2.16. The molecule has 0 radical (unpaired) electrons. The maximum atomic E-state index is 6.97. The highest BCUT2D eigenvalue weighted by molar-refractivity contribution is 7.19. The number of benzene rings is 3. The standard InChI is InChI=1S/C24H18ClN2S/c1-16(24-26-20-12-6-8-14-22(20)28-24)19-15-27(17-9-3-2-4-10-17)21-13-7-5-11-18(21)23(19)25/h2-15,23H,1H3/q+1. The number of aromatic nitrogens is 1. The van der Waals surface area contributed by atoms with Crippen molar-refractivity contribution < 1.29 is 0 Å². The van der Waals surface area contributed by atoms with E-state index in [1.165, 1.54) is 4.70 Å². The maximum absolute atomic E-state index is 6.97. The normalized spacial score (nSPS) is 17.9. The van der Waals surface area contributed by atoms with Crippen LogP contribution in [0.15, 0.2) is 84.4 Å². The van der Waals surface area contributed by atoms with E-state index in [0.29, 0.717) is 0 Å². The van der Waals surface area contributed by atoms with Gasteiger partial charge in [0.25, 0.3) is 0 Å². The molecule has 0 fully saturated rings. The maximum Gasteiger partial charge on any atom is 0.216 e. The van der Waals surface area contributed by atoms with Gasteiger partial charge in [0.1, 0.15) is 5.01 Å². The van der Waals surface area contributed by atoms with Crippen molar-refractivity contribution in [3.63, 3.8) is 0 Å². The van der Waals surface area contributed by atoms with Gasteiger partial charge < -0.3 is 0 Å². The zero-order valence-corrected chi connectivity index (χ0v) is 16.9. The SMILES string of the molecule is CC(=C1C=[N+](c2ccccc2)c2ccccc2C1Cl)c1nc2ccccc2s1. The average Bonchev–Trinajstić information content (AvgIpc) is 3.19. The summed E-state index contributed by atoms with van der Waals surface area (Å²) >= 11 is 8.68. The Hall–Kier alpha value is -2.75. The molecule has 0 saturated heterocycles. The van der Waals surface area contributed by atoms with E-state index in [9.17, 15) is 0 Å². The summed E-state index contributed by atoms with van der Waals surface area (Å²) < 4.78 is 3.42. The Labute approximate surface area is 173 Å². The number of alkyl halides is 1. The molecule has 0 aliphatic carbocycles. The Morgan fingerprint density at radius 1 is 0.929 bits per heavy atom. The first-order valence-electron chi connectivity index (χ1n) is 9.21. The molecule has 2 nitrogen and oxygen atoms in total. The third-order valence-electron chi connectivity index (χ3n) is 5.09. The number of halogens is 1. The molecule has 3 aromatic carbocycles. The first-order chi connectivity index (χ1) is 13.7. The minimum atomic E-state index is -0.205. The van der Waals surface area contributed by atoms with Crippen molar-refractivity contribution in [3.8, 4) is 0 Å². The average molecular weight is 402 g/mol. The summed E-state index contributed by atoms with van der Waals surface area (Å²) in [6.45, 7) is 2.12. The third-order valence-corrected chi connectivity index (χ3v) is 6.72. The number of hydrogen-bond acceptors (Lipinski definition) is 2. The third kappa shape index (κ3) is 2.88. The number of fused-ring (bicyclic) bond motifs is 2. The van der Waals surface area contributed by atoms with Gasteiger partial charge in [-0.05, 0) is 24.6 Å². The van der Waals surface area contributed by atoms with Crippen LogP contribution in [0.25, 0.3) is 15.8 Å². The fraction of sp³-hybridized carbons (Fsp3) is 0.0833. The summed E-state index contributed by atoms with van der Waals surface area (Å²) in [5.74, 6) is 0. The van der Waals surface area contributed by atoms with E-state index >= 15 is 0 Å². The highest BCUT2D eigenvalue weighted by Crippen LogP contribution is 2.42. The van der Waals surface area contributed by atoms with E-state index in [1.807, 2.05) is 18.2 Å². The largest absolute Gasteiger partial charge is 0.236 e. The number of nitrogens with zero attached hydrogens (tertiary/aromatic N) is 2. The lowest BCUT2D eigenvalue weighted by Gasteiger charge is -2.20. The second-order valence-corrected chi connectivity index (χ2v) is 8.29. The fourth-order valence-corrected chi connectivity index (χ4v) is 5.00. The molecule has 28 heavy (non-hydrogen) atoms. The molecule has 0 bridgehead atoms. The Bertz CT molecular complexity index is 1200. The van der Waals surface area contributed by atoms with Crippen molar-refractivity contribution in [2.45, 2.75) is 12.3 Å². The topological polar surface area (TPSA) is 15.9 Å². The molecular weight excluding hydrogens is 384 g/mol. The Morgan fingerprint density at radius 3 is 2.46 bits per heavy atom. The van der Waals surface area contributed by atoms with Crippen LogP contribution in [0.2, 0.25) is 0 Å². The second kappa shape index (κ2) is 7.01. The van der Waals surface area contributed by atoms with Crippen LogP contribution in [-0.2, 0) is 0 Å². The number of para-hydroxylation sites is 3. The van der Waals surface area contributed by atoms with Crippen LogP contribution in [0.1, 0.15) is 22.9 Å². The lowest BCUT2D eigenvalue weighted by molar-refractivity contribution is 0.999. The van der Waals surface area contributed by atoms with E-state index in [0.717, 1.165) is 38.6 Å². The molecular formula is C24H18ClN2S+. The van der Waals surface area contributed by atoms with E-state index in [1.54, 1.807) is 11.3 Å². The predicted molar refractivity (Wildman–Crippen MR) is 121 cm³/mol. The van der Waals surface area contributed by atoms with Crippen LogP contribution in [0, 0.1) is 0 Å². The molecule has 1 atom stereocenters. The first kappa shape index (κ1) is 17.4. The van der Waals surface area contributed by atoms with Crippen LogP contribution < -0.4 is 4.58 Å². The fourth-order valence-electron chi connectivity index (χ4n) is 3.61. The number of rotatable bonds is 2. The van der Waals surface area contributed by atoms with E-state index in [-0.39, 0.29) is 5.38 Å². The van der Waals surface area contributed by atoms with Gasteiger partial charge in [0.05, 0.1) is 15.6 Å². The zero-order valence-electron chi connectivity index (χ0n) is 15.3. The molecule has 1 aliphatic heterocycles. The van der Waals surface area contributed by atoms with Crippen molar-refractivity contribution in [2.75, 3.05) is 0 Å². The Morgan fingerprint density at radius 2 is 1.64 bits per heavy atom. The molecule has 1 unspecified atom stereocenters. The summed E-state index contributed by atoms with van der Waals surface area (Å²) in [5.41, 5.74) is 6.60. The van der Waals surface area contributed by atoms with Crippen molar-refractivity contribution >= 4 is 56.3 Å². The summed E-state index contributed by atoms with van der Waals surface area (Å²) in [4.78, 5) is 4.84. The molecule has 4 aromatic rings. The molecule has 1 aliphatic rings. The van der Waals surface area contributed by atoms with Gasteiger partial charge in [0, 0.05) is 29.3 Å². The molecule has 2 heterocycles. The monoisotopic (exact) mass is 401 g/mol. The molecule has 136 valence electrons. The molecule has 5 rings (SSSR count). The van der Waals surface area contributed by atoms with E-state index in [2.05, 4.69) is 78.4 Å². The van der Waals surface area contributed by atoms with Gasteiger partial charge in [0.2, 0.25) is 11.4 Å². The zero-order chi connectivity index (χ0) is 19.1. The quantitative estimate of drug-likeness (QED) is 0.261. The van der Waals surface area contributed by atoms with Gasteiger partial charge in [-0.2, -0.15) is 4.58 Å². The smallest absolute Gasteiger partial charge is 0.216 e. The van der Waals surface area contributed by atoms with E-state index in [4.69, 9.17) is 16.6 Å². The summed E-state index contributed by atoms with van der Waals surface area (Å²) in [7, 11) is 0. The van der Waals surface area contributed by atoms with Gasteiger partial charge in [-0.3, -0.25) is 0 Å². The highest BCUT2D eigenvalue weighted by atomic mass is 35.5. The number of hydrogen-bond donors (Lipinski definition) is 0. The molecule has 0 amide bonds. The molecule has 0 N–H and O–H groups in total. The molecule has 0 spiro atoms. The molecule has 4 heteroatoms. The van der Waals surface area contributed by atoms with Crippen LogP contribution in [0.4, 0.5) is 11.4 Å². The van der Waals surface area contributed by atoms with Gasteiger partial charge >= 0.3 is 0 Å².